The molecule has 0 aliphatic carbocycles. The van der Waals surface area contributed by atoms with Gasteiger partial charge < -0.3 is 4.74 Å². The minimum absolute atomic E-state index is 0.257. The maximum absolute atomic E-state index is 12.7. The van der Waals surface area contributed by atoms with Crippen LogP contribution in [0.2, 0.25) is 0 Å². The summed E-state index contributed by atoms with van der Waals surface area (Å²) in [6.07, 6.45) is 1.76. The van der Waals surface area contributed by atoms with Crippen molar-refractivity contribution < 1.29 is 13.9 Å². The van der Waals surface area contributed by atoms with Gasteiger partial charge in [-0.05, 0) is 36.6 Å². The highest BCUT2D eigenvalue weighted by Gasteiger charge is 2.18. The molecule has 0 N–H and O–H groups in total. The summed E-state index contributed by atoms with van der Waals surface area (Å²) in [4.78, 5) is 10.4. The van der Waals surface area contributed by atoms with Gasteiger partial charge in [0, 0.05) is 0 Å². The highest BCUT2D eigenvalue weighted by Crippen LogP contribution is 2.27. The molecule has 3 heteroatoms. The number of fused-ring (bicyclic) bond motifs is 1. The van der Waals surface area contributed by atoms with Gasteiger partial charge in [-0.3, -0.25) is 4.79 Å². The summed E-state index contributed by atoms with van der Waals surface area (Å²) in [5, 5.41) is 0. The fourth-order valence-electron chi connectivity index (χ4n) is 1.47. The molecular formula is C12H15FO2. The molecule has 0 saturated heterocycles. The number of rotatable bonds is 1. The Morgan fingerprint density at radius 3 is 2.87 bits per heavy atom. The zero-order valence-corrected chi connectivity index (χ0v) is 9.00. The van der Waals surface area contributed by atoms with Crippen LogP contribution in [-0.4, -0.2) is 12.4 Å². The number of ether oxygens (including phenoxy) is 1. The summed E-state index contributed by atoms with van der Waals surface area (Å²) in [5.74, 6) is 0.372. The van der Waals surface area contributed by atoms with E-state index in [0.717, 1.165) is 11.8 Å². The molecule has 82 valence electrons. The van der Waals surface area contributed by atoms with Crippen molar-refractivity contribution in [3.8, 4) is 5.75 Å². The molecule has 2 rings (SSSR count). The molecule has 1 aromatic carbocycles. The maximum atomic E-state index is 12.7. The van der Waals surface area contributed by atoms with Crippen molar-refractivity contribution in [3.05, 3.63) is 29.6 Å². The van der Waals surface area contributed by atoms with Crippen LogP contribution in [0.25, 0.3) is 0 Å². The number of hydrogen-bond donors (Lipinski definition) is 0. The standard InChI is InChI=1S/C10H9FO2.C2H6/c11-8-2-4-10-7(5-8)1-3-9(6-12)13-10;1-2/h2,4-6,9H,1,3H2;1-2H3. The van der Waals surface area contributed by atoms with Crippen LogP contribution in [0, 0.1) is 5.82 Å². The Morgan fingerprint density at radius 2 is 2.20 bits per heavy atom. The number of carbonyl (C=O) groups is 1. The van der Waals surface area contributed by atoms with Gasteiger partial charge in [-0.1, -0.05) is 13.8 Å². The van der Waals surface area contributed by atoms with Crippen LogP contribution in [0.15, 0.2) is 18.2 Å². The lowest BCUT2D eigenvalue weighted by molar-refractivity contribution is -0.114. The molecule has 1 heterocycles. The van der Waals surface area contributed by atoms with Crippen LogP contribution in [0.5, 0.6) is 5.75 Å². The van der Waals surface area contributed by atoms with Crippen molar-refractivity contribution in [2.45, 2.75) is 32.8 Å². The summed E-state index contributed by atoms with van der Waals surface area (Å²) in [5.41, 5.74) is 0.845. The average Bonchev–Trinajstić information content (AvgIpc) is 2.31. The van der Waals surface area contributed by atoms with Crippen LogP contribution in [0.1, 0.15) is 25.8 Å². The SMILES string of the molecule is CC.O=CC1CCc2cc(F)ccc2O1. The number of aryl methyl sites for hydroxylation is 1. The Kier molecular flexibility index (Phi) is 4.28. The van der Waals surface area contributed by atoms with Gasteiger partial charge in [0.25, 0.3) is 0 Å². The van der Waals surface area contributed by atoms with Gasteiger partial charge in [0.2, 0.25) is 0 Å². The molecule has 0 saturated carbocycles. The molecule has 0 amide bonds. The molecule has 1 atom stereocenters. The van der Waals surface area contributed by atoms with Gasteiger partial charge in [-0.15, -0.1) is 0 Å². The predicted molar refractivity (Wildman–Crippen MR) is 56.5 cm³/mol. The quantitative estimate of drug-likeness (QED) is 0.666. The third kappa shape index (κ3) is 2.78. The first-order valence-electron chi connectivity index (χ1n) is 5.20. The first-order valence-corrected chi connectivity index (χ1v) is 5.20. The van der Waals surface area contributed by atoms with Crippen molar-refractivity contribution in [1.82, 2.24) is 0 Å². The summed E-state index contributed by atoms with van der Waals surface area (Å²) in [6, 6.07) is 4.36. The van der Waals surface area contributed by atoms with Gasteiger partial charge >= 0.3 is 0 Å². The predicted octanol–water partition coefficient (Wildman–Crippen LogP) is 2.74. The molecular weight excluding hydrogens is 195 g/mol. The Labute approximate surface area is 89.1 Å². The van der Waals surface area contributed by atoms with E-state index in [0.29, 0.717) is 18.6 Å². The smallest absolute Gasteiger partial charge is 0.160 e. The van der Waals surface area contributed by atoms with E-state index in [-0.39, 0.29) is 11.9 Å². The van der Waals surface area contributed by atoms with Crippen LogP contribution >= 0.6 is 0 Å². The molecule has 1 aliphatic rings. The molecule has 0 radical (unpaired) electrons. The van der Waals surface area contributed by atoms with Crippen molar-refractivity contribution >= 4 is 6.29 Å². The Balaban J connectivity index is 0.000000531. The van der Waals surface area contributed by atoms with Gasteiger partial charge in [0.15, 0.2) is 12.4 Å². The summed E-state index contributed by atoms with van der Waals surface area (Å²) < 4.78 is 18.0. The fraction of sp³-hybridized carbons (Fsp3) is 0.417. The van der Waals surface area contributed by atoms with Crippen molar-refractivity contribution in [1.29, 1.82) is 0 Å². The summed E-state index contributed by atoms with van der Waals surface area (Å²) >= 11 is 0. The normalized spacial score (nSPS) is 17.9. The fourth-order valence-corrected chi connectivity index (χ4v) is 1.47. The van der Waals surface area contributed by atoms with E-state index in [2.05, 4.69) is 0 Å². The molecule has 0 fully saturated rings. The lowest BCUT2D eigenvalue weighted by atomic mass is 10.0. The minimum atomic E-state index is -0.363. The highest BCUT2D eigenvalue weighted by molar-refractivity contribution is 5.58. The molecule has 1 unspecified atom stereocenters. The average molecular weight is 210 g/mol. The molecule has 15 heavy (non-hydrogen) atoms. The number of aldehydes is 1. The van der Waals surface area contributed by atoms with Crippen LogP contribution < -0.4 is 4.74 Å². The van der Waals surface area contributed by atoms with Crippen molar-refractivity contribution in [3.63, 3.8) is 0 Å². The lowest BCUT2D eigenvalue weighted by Crippen LogP contribution is -2.23. The van der Waals surface area contributed by atoms with E-state index in [1.165, 1.54) is 12.1 Å². The van der Waals surface area contributed by atoms with Crippen LogP contribution in [0.4, 0.5) is 4.39 Å². The third-order valence-corrected chi connectivity index (χ3v) is 2.15. The van der Waals surface area contributed by atoms with Crippen LogP contribution in [-0.2, 0) is 11.2 Å². The van der Waals surface area contributed by atoms with Gasteiger partial charge in [-0.25, -0.2) is 4.39 Å². The van der Waals surface area contributed by atoms with Crippen LogP contribution in [0.3, 0.4) is 0 Å². The lowest BCUT2D eigenvalue weighted by Gasteiger charge is -2.21. The third-order valence-electron chi connectivity index (χ3n) is 2.15. The van der Waals surface area contributed by atoms with Gasteiger partial charge in [-0.2, -0.15) is 0 Å². The van der Waals surface area contributed by atoms with E-state index in [9.17, 15) is 9.18 Å². The minimum Gasteiger partial charge on any atom is -0.483 e. The molecule has 0 aromatic heterocycles. The second kappa shape index (κ2) is 5.49. The molecule has 0 bridgehead atoms. The summed E-state index contributed by atoms with van der Waals surface area (Å²) in [7, 11) is 0. The molecule has 1 aliphatic heterocycles. The second-order valence-corrected chi connectivity index (χ2v) is 3.08. The topological polar surface area (TPSA) is 26.3 Å². The molecule has 1 aromatic rings. The monoisotopic (exact) mass is 210 g/mol. The molecule has 2 nitrogen and oxygen atoms in total. The van der Waals surface area contributed by atoms with E-state index >= 15 is 0 Å². The van der Waals surface area contributed by atoms with Gasteiger partial charge in [0.05, 0.1) is 0 Å². The van der Waals surface area contributed by atoms with Crippen molar-refractivity contribution in [2.24, 2.45) is 0 Å². The highest BCUT2D eigenvalue weighted by atomic mass is 19.1. The Bertz CT molecular complexity index is 336. The van der Waals surface area contributed by atoms with Crippen molar-refractivity contribution in [2.75, 3.05) is 0 Å². The van der Waals surface area contributed by atoms with E-state index in [1.807, 2.05) is 13.8 Å². The zero-order chi connectivity index (χ0) is 11.3. The van der Waals surface area contributed by atoms with E-state index < -0.39 is 0 Å². The second-order valence-electron chi connectivity index (χ2n) is 3.08. The number of carbonyl (C=O) groups excluding carboxylic acids is 1. The largest absolute Gasteiger partial charge is 0.483 e. The van der Waals surface area contributed by atoms with Gasteiger partial charge in [0.1, 0.15) is 11.6 Å². The Morgan fingerprint density at radius 1 is 1.47 bits per heavy atom. The number of benzene rings is 1. The number of halogens is 1. The first kappa shape index (κ1) is 11.7. The zero-order valence-electron chi connectivity index (χ0n) is 9.00. The van der Waals surface area contributed by atoms with E-state index in [4.69, 9.17) is 4.74 Å². The maximum Gasteiger partial charge on any atom is 0.160 e. The summed E-state index contributed by atoms with van der Waals surface area (Å²) in [6.45, 7) is 4.00. The molecule has 0 spiro atoms. The first-order chi connectivity index (χ1) is 7.29. The van der Waals surface area contributed by atoms with E-state index in [1.54, 1.807) is 6.07 Å². The Hall–Kier alpha value is -1.38. The number of hydrogen-bond acceptors (Lipinski definition) is 2.